The third kappa shape index (κ3) is 5.94. The van der Waals surface area contributed by atoms with Gasteiger partial charge in [0, 0.05) is 29.4 Å². The van der Waals surface area contributed by atoms with Crippen LogP contribution in [0.25, 0.3) is 17.3 Å². The summed E-state index contributed by atoms with van der Waals surface area (Å²) in [6.07, 6.45) is 9.20. The molecular formula is C26H27N3O3. The predicted molar refractivity (Wildman–Crippen MR) is 124 cm³/mol. The van der Waals surface area contributed by atoms with Crippen molar-refractivity contribution < 1.29 is 14.3 Å². The zero-order valence-electron chi connectivity index (χ0n) is 17.9. The second-order valence-corrected chi connectivity index (χ2v) is 7.97. The van der Waals surface area contributed by atoms with Gasteiger partial charge in [0.05, 0.1) is 12.2 Å². The number of nitrogens with zero attached hydrogens (tertiary/aromatic N) is 2. The van der Waals surface area contributed by atoms with Crippen LogP contribution in [0.15, 0.2) is 72.9 Å². The largest absolute Gasteiger partial charge is 0.452 e. The number of aromatic nitrogens is 2. The van der Waals surface area contributed by atoms with E-state index < -0.39 is 5.97 Å². The maximum atomic E-state index is 12.2. The number of carbonyl (C=O) groups excluding carboxylic acids is 2. The van der Waals surface area contributed by atoms with Crippen molar-refractivity contribution in [1.82, 2.24) is 15.1 Å². The molecule has 1 aliphatic rings. The van der Waals surface area contributed by atoms with E-state index in [1.165, 1.54) is 6.08 Å². The van der Waals surface area contributed by atoms with Crippen molar-refractivity contribution in [3.63, 3.8) is 0 Å². The second kappa shape index (κ2) is 10.6. The second-order valence-electron chi connectivity index (χ2n) is 7.97. The molecule has 1 fully saturated rings. The van der Waals surface area contributed by atoms with Crippen molar-refractivity contribution in [2.24, 2.45) is 0 Å². The van der Waals surface area contributed by atoms with Crippen LogP contribution in [0, 0.1) is 0 Å². The van der Waals surface area contributed by atoms with Gasteiger partial charge in [-0.2, -0.15) is 5.10 Å². The molecule has 1 saturated carbocycles. The number of nitrogens with one attached hydrogen (secondary N) is 1. The zero-order valence-corrected chi connectivity index (χ0v) is 17.9. The van der Waals surface area contributed by atoms with Gasteiger partial charge < -0.3 is 10.1 Å². The third-order valence-corrected chi connectivity index (χ3v) is 5.49. The van der Waals surface area contributed by atoms with E-state index in [0.717, 1.165) is 48.1 Å². The van der Waals surface area contributed by atoms with Crippen molar-refractivity contribution in [2.75, 3.05) is 6.61 Å². The van der Waals surface area contributed by atoms with E-state index in [2.05, 4.69) is 5.32 Å². The number of ether oxygens (including phenoxy) is 1. The molecule has 164 valence electrons. The summed E-state index contributed by atoms with van der Waals surface area (Å²) in [6, 6.07) is 20.1. The molecule has 6 heteroatoms. The van der Waals surface area contributed by atoms with Crippen LogP contribution in [-0.2, 0) is 20.9 Å². The molecule has 3 aromatic rings. The summed E-state index contributed by atoms with van der Waals surface area (Å²) >= 11 is 0. The smallest absolute Gasteiger partial charge is 0.331 e. The van der Waals surface area contributed by atoms with Gasteiger partial charge in [-0.15, -0.1) is 0 Å². The van der Waals surface area contributed by atoms with Gasteiger partial charge in [-0.25, -0.2) is 4.79 Å². The molecule has 4 rings (SSSR count). The van der Waals surface area contributed by atoms with Crippen LogP contribution in [0.1, 0.15) is 36.8 Å². The summed E-state index contributed by atoms with van der Waals surface area (Å²) in [4.78, 5) is 24.2. The molecule has 0 bridgehead atoms. The van der Waals surface area contributed by atoms with Crippen LogP contribution >= 0.6 is 0 Å². The molecule has 2 aromatic carbocycles. The van der Waals surface area contributed by atoms with Gasteiger partial charge in [-0.1, -0.05) is 73.5 Å². The Bertz CT molecular complexity index is 1070. The van der Waals surface area contributed by atoms with E-state index in [1.807, 2.05) is 71.5 Å². The topological polar surface area (TPSA) is 73.2 Å². The van der Waals surface area contributed by atoms with Crippen molar-refractivity contribution >= 4 is 18.0 Å². The fourth-order valence-electron chi connectivity index (χ4n) is 3.91. The van der Waals surface area contributed by atoms with Gasteiger partial charge in [-0.05, 0) is 24.5 Å². The predicted octanol–water partition coefficient (Wildman–Crippen LogP) is 4.21. The lowest BCUT2D eigenvalue weighted by atomic mass is 10.1. The van der Waals surface area contributed by atoms with Crippen molar-refractivity contribution in [1.29, 1.82) is 0 Å². The van der Waals surface area contributed by atoms with E-state index in [-0.39, 0.29) is 18.6 Å². The average molecular weight is 430 g/mol. The van der Waals surface area contributed by atoms with E-state index in [9.17, 15) is 9.59 Å². The SMILES string of the molecule is O=C(COC(=O)/C=C/c1cn(Cc2ccccc2)nc1-c1ccccc1)NC1CCCC1. The highest BCUT2D eigenvalue weighted by Crippen LogP contribution is 2.23. The fourth-order valence-corrected chi connectivity index (χ4v) is 3.91. The monoisotopic (exact) mass is 429 g/mol. The summed E-state index contributed by atoms with van der Waals surface area (Å²) in [5.41, 5.74) is 3.69. The minimum absolute atomic E-state index is 0.209. The van der Waals surface area contributed by atoms with Crippen LogP contribution < -0.4 is 5.32 Å². The Morgan fingerprint density at radius 2 is 1.72 bits per heavy atom. The molecule has 0 saturated heterocycles. The summed E-state index contributed by atoms with van der Waals surface area (Å²) in [7, 11) is 0. The molecule has 0 atom stereocenters. The lowest BCUT2D eigenvalue weighted by molar-refractivity contribution is -0.144. The van der Waals surface area contributed by atoms with Gasteiger partial charge in [0.1, 0.15) is 0 Å². The highest BCUT2D eigenvalue weighted by Gasteiger charge is 2.17. The minimum atomic E-state index is -0.554. The van der Waals surface area contributed by atoms with Gasteiger partial charge >= 0.3 is 5.97 Å². The van der Waals surface area contributed by atoms with E-state index >= 15 is 0 Å². The molecule has 0 spiro atoms. The number of benzene rings is 2. The number of rotatable bonds is 8. The molecule has 32 heavy (non-hydrogen) atoms. The number of esters is 1. The standard InChI is InChI=1S/C26H27N3O3/c30-24(27-23-13-7-8-14-23)19-32-25(31)16-15-22-18-29(17-20-9-3-1-4-10-20)28-26(22)21-11-5-2-6-12-21/h1-6,9-12,15-16,18,23H,7-8,13-14,17,19H2,(H,27,30)/b16-15+. The van der Waals surface area contributed by atoms with Crippen LogP contribution in [0.2, 0.25) is 0 Å². The third-order valence-electron chi connectivity index (χ3n) is 5.49. The molecule has 0 radical (unpaired) electrons. The van der Waals surface area contributed by atoms with Crippen LogP contribution in [-0.4, -0.2) is 34.3 Å². The molecule has 1 aliphatic carbocycles. The average Bonchev–Trinajstić information content (AvgIpc) is 3.47. The summed E-state index contributed by atoms with van der Waals surface area (Å²) in [5, 5.41) is 7.65. The first kappa shape index (κ1) is 21.6. The number of carbonyl (C=O) groups is 2. The summed E-state index contributed by atoms with van der Waals surface area (Å²) in [5.74, 6) is -0.805. The fraction of sp³-hybridized carbons (Fsp3) is 0.269. The van der Waals surface area contributed by atoms with Gasteiger partial charge in [0.15, 0.2) is 6.61 Å². The molecule has 1 heterocycles. The molecule has 6 nitrogen and oxygen atoms in total. The first-order valence-corrected chi connectivity index (χ1v) is 11.0. The minimum Gasteiger partial charge on any atom is -0.452 e. The molecular weight excluding hydrogens is 402 g/mol. The van der Waals surface area contributed by atoms with Crippen molar-refractivity contribution in [3.8, 4) is 11.3 Å². The Labute approximate surface area is 187 Å². The first-order valence-electron chi connectivity index (χ1n) is 11.0. The van der Waals surface area contributed by atoms with Gasteiger partial charge in [0.25, 0.3) is 5.91 Å². The Hall–Kier alpha value is -3.67. The highest BCUT2D eigenvalue weighted by atomic mass is 16.5. The lowest BCUT2D eigenvalue weighted by Crippen LogP contribution is -2.35. The maximum Gasteiger partial charge on any atom is 0.331 e. The van der Waals surface area contributed by atoms with E-state index in [0.29, 0.717) is 6.54 Å². The van der Waals surface area contributed by atoms with Crippen LogP contribution in [0.4, 0.5) is 0 Å². The van der Waals surface area contributed by atoms with E-state index in [4.69, 9.17) is 9.84 Å². The molecule has 1 N–H and O–H groups in total. The van der Waals surface area contributed by atoms with Gasteiger partial charge in [0.2, 0.25) is 0 Å². The normalized spacial score (nSPS) is 14.0. The molecule has 0 unspecified atom stereocenters. The number of hydrogen-bond acceptors (Lipinski definition) is 4. The van der Waals surface area contributed by atoms with Crippen LogP contribution in [0.5, 0.6) is 0 Å². The van der Waals surface area contributed by atoms with Crippen LogP contribution in [0.3, 0.4) is 0 Å². The Kier molecular flexibility index (Phi) is 7.12. The van der Waals surface area contributed by atoms with Gasteiger partial charge in [-0.3, -0.25) is 9.48 Å². The Balaban J connectivity index is 1.43. The van der Waals surface area contributed by atoms with Crippen molar-refractivity contribution in [3.05, 3.63) is 84.1 Å². The van der Waals surface area contributed by atoms with E-state index in [1.54, 1.807) is 6.08 Å². The Morgan fingerprint density at radius 1 is 1.03 bits per heavy atom. The summed E-state index contributed by atoms with van der Waals surface area (Å²) in [6.45, 7) is 0.360. The van der Waals surface area contributed by atoms with Crippen molar-refractivity contribution in [2.45, 2.75) is 38.3 Å². The quantitative estimate of drug-likeness (QED) is 0.430. The summed E-state index contributed by atoms with van der Waals surface area (Å²) < 4.78 is 6.98. The lowest BCUT2D eigenvalue weighted by Gasteiger charge is -2.11. The molecule has 1 amide bonds. The Morgan fingerprint density at radius 3 is 2.44 bits per heavy atom. The molecule has 1 aromatic heterocycles. The zero-order chi connectivity index (χ0) is 22.2. The highest BCUT2D eigenvalue weighted by molar-refractivity contribution is 5.90. The number of amides is 1. The maximum absolute atomic E-state index is 12.2. The molecule has 0 aliphatic heterocycles. The first-order chi connectivity index (χ1) is 15.7. The number of hydrogen-bond donors (Lipinski definition) is 1.